The molecule has 0 N–H and O–H groups in total. The molecular weight excluding hydrogens is 92.1 g/mol. The molecule has 0 spiro atoms. The number of thioether (sulfide) groups is 1. The van der Waals surface area contributed by atoms with Crippen molar-refractivity contribution < 1.29 is 0 Å². The quantitative estimate of drug-likeness (QED) is 0.452. The summed E-state index contributed by atoms with van der Waals surface area (Å²) in [7, 11) is 0. The number of rotatable bonds is 0. The molecule has 1 aliphatic rings. The minimum absolute atomic E-state index is 1.24. The molecule has 0 aliphatic carbocycles. The molecule has 1 aliphatic heterocycles. The van der Waals surface area contributed by atoms with Crippen LogP contribution in [-0.2, 0) is 0 Å². The first-order valence-electron chi connectivity index (χ1n) is 2.27. The summed E-state index contributed by atoms with van der Waals surface area (Å²) in [6.07, 6.45) is 2.14. The smallest absolute Gasteiger partial charge is 0.0162 e. The highest BCUT2D eigenvalue weighted by molar-refractivity contribution is 8.03. The van der Waals surface area contributed by atoms with Gasteiger partial charge in [0.05, 0.1) is 0 Å². The molecule has 1 rings (SSSR count). The summed E-state index contributed by atoms with van der Waals surface area (Å²) in [5.41, 5.74) is 0. The molecule has 0 aromatic heterocycles. The van der Waals surface area contributed by atoms with Gasteiger partial charge in [0.25, 0.3) is 0 Å². The molecule has 6 heavy (non-hydrogen) atoms. The van der Waals surface area contributed by atoms with E-state index >= 15 is 0 Å². The second-order valence-corrected chi connectivity index (χ2v) is 1.64. The minimum Gasteiger partial charge on any atom is -0.130 e. The molecule has 36 valence electrons. The van der Waals surface area contributed by atoms with Gasteiger partial charge in [-0.2, -0.15) is 0 Å². The van der Waals surface area contributed by atoms with Crippen LogP contribution >= 0.6 is 11.8 Å². The number of hydrogen-bond donors (Lipinski definition) is 0. The Morgan fingerprint density at radius 1 is 1.50 bits per heavy atom. The van der Waals surface area contributed by atoms with Gasteiger partial charge in [0, 0.05) is 5.75 Å². The predicted octanol–water partition coefficient (Wildman–Crippen LogP) is 2.27. The summed E-state index contributed by atoms with van der Waals surface area (Å²) in [4.78, 5) is 0. The van der Waals surface area contributed by atoms with Gasteiger partial charge in [-0.1, -0.05) is 19.9 Å². The van der Waals surface area contributed by atoms with Crippen molar-refractivity contribution in [3.8, 4) is 0 Å². The molecule has 0 bridgehead atoms. The van der Waals surface area contributed by atoms with Crippen molar-refractivity contribution in [1.82, 2.24) is 0 Å². The van der Waals surface area contributed by atoms with Crippen molar-refractivity contribution in [2.24, 2.45) is 0 Å². The normalized spacial score (nSPS) is 14.3. The van der Waals surface area contributed by atoms with Crippen LogP contribution in [0, 0.1) is 0 Å². The Balaban J connectivity index is 0.000000112. The maximum atomic E-state index is 2.14. The Morgan fingerprint density at radius 2 is 1.67 bits per heavy atom. The van der Waals surface area contributed by atoms with Gasteiger partial charge in [-0.25, -0.2) is 0 Å². The first-order chi connectivity index (χ1) is 3.00. The third-order valence-electron chi connectivity index (χ3n) is 0.385. The van der Waals surface area contributed by atoms with Gasteiger partial charge in [-0.15, -0.1) is 11.8 Å². The van der Waals surface area contributed by atoms with Crippen LogP contribution in [0.5, 0.6) is 0 Å². The molecular formula is C5H10S. The molecule has 0 amide bonds. The van der Waals surface area contributed by atoms with Crippen LogP contribution in [0.25, 0.3) is 0 Å². The second kappa shape index (κ2) is 5.09. The molecule has 0 atom stereocenters. The summed E-state index contributed by atoms with van der Waals surface area (Å²) in [6, 6.07) is 0. The predicted molar refractivity (Wildman–Crippen MR) is 32.9 cm³/mol. The Bertz CT molecular complexity index is 33.2. The lowest BCUT2D eigenvalue weighted by Crippen LogP contribution is -1.71. The van der Waals surface area contributed by atoms with Crippen molar-refractivity contribution in [3.63, 3.8) is 0 Å². The molecule has 0 fully saturated rings. The molecule has 0 aromatic rings. The van der Waals surface area contributed by atoms with Crippen molar-refractivity contribution >= 4 is 11.8 Å². The van der Waals surface area contributed by atoms with E-state index in [0.717, 1.165) is 0 Å². The largest absolute Gasteiger partial charge is 0.130 e. The fourth-order valence-corrected chi connectivity index (χ4v) is 0.289. The van der Waals surface area contributed by atoms with Crippen molar-refractivity contribution in [2.75, 3.05) is 5.75 Å². The highest BCUT2D eigenvalue weighted by atomic mass is 32.2. The van der Waals surface area contributed by atoms with E-state index in [-0.39, 0.29) is 0 Å². The van der Waals surface area contributed by atoms with E-state index in [1.165, 1.54) is 5.75 Å². The van der Waals surface area contributed by atoms with E-state index in [1.54, 1.807) is 0 Å². The average Bonchev–Trinajstić information content (AvgIpc) is 1.36. The first-order valence-corrected chi connectivity index (χ1v) is 3.31. The molecule has 1 heteroatoms. The maximum Gasteiger partial charge on any atom is 0.0162 e. The van der Waals surface area contributed by atoms with Crippen LogP contribution in [0.4, 0.5) is 0 Å². The Labute approximate surface area is 43.6 Å². The number of hydrogen-bond acceptors (Lipinski definition) is 1. The monoisotopic (exact) mass is 102 g/mol. The van der Waals surface area contributed by atoms with Crippen LogP contribution < -0.4 is 0 Å². The zero-order valence-corrected chi connectivity index (χ0v) is 5.09. The first kappa shape index (κ1) is 6.09. The van der Waals surface area contributed by atoms with Crippen molar-refractivity contribution in [1.29, 1.82) is 0 Å². The lowest BCUT2D eigenvalue weighted by molar-refractivity contribution is 1.50. The third-order valence-corrected chi connectivity index (χ3v) is 1.15. The zero-order chi connectivity index (χ0) is 4.83. The summed E-state index contributed by atoms with van der Waals surface area (Å²) < 4.78 is 0. The molecule has 0 nitrogen and oxygen atoms in total. The van der Waals surface area contributed by atoms with E-state index in [0.29, 0.717) is 0 Å². The molecule has 0 unspecified atom stereocenters. The van der Waals surface area contributed by atoms with E-state index in [2.05, 4.69) is 11.5 Å². The van der Waals surface area contributed by atoms with Gasteiger partial charge in [-0.3, -0.25) is 0 Å². The second-order valence-electron chi connectivity index (χ2n) is 0.705. The Hall–Kier alpha value is 0.0900. The molecule has 0 saturated carbocycles. The third kappa shape index (κ3) is 2.33. The fraction of sp³-hybridized carbons (Fsp3) is 0.600. The van der Waals surface area contributed by atoms with Crippen LogP contribution in [-0.4, -0.2) is 5.75 Å². The summed E-state index contributed by atoms with van der Waals surface area (Å²) in [5, 5.41) is 2.10. The van der Waals surface area contributed by atoms with Gasteiger partial charge in [0.15, 0.2) is 0 Å². The summed E-state index contributed by atoms with van der Waals surface area (Å²) in [6.45, 7) is 4.00. The van der Waals surface area contributed by atoms with Gasteiger partial charge in [0.2, 0.25) is 0 Å². The van der Waals surface area contributed by atoms with Crippen molar-refractivity contribution in [3.05, 3.63) is 11.5 Å². The standard InChI is InChI=1S/C3H4S.C2H6/c1-2-4-3-1;1-2/h1-2H,3H2;1-2H3. The van der Waals surface area contributed by atoms with Gasteiger partial charge >= 0.3 is 0 Å². The van der Waals surface area contributed by atoms with Crippen molar-refractivity contribution in [2.45, 2.75) is 13.8 Å². The minimum atomic E-state index is 1.24. The van der Waals surface area contributed by atoms with Crippen LogP contribution in [0.2, 0.25) is 0 Å². The molecule has 0 radical (unpaired) electrons. The average molecular weight is 102 g/mol. The Morgan fingerprint density at radius 3 is 1.67 bits per heavy atom. The molecule has 0 saturated heterocycles. The van der Waals surface area contributed by atoms with E-state index in [1.807, 2.05) is 25.6 Å². The zero-order valence-electron chi connectivity index (χ0n) is 4.27. The lowest BCUT2D eigenvalue weighted by atomic mass is 10.7. The van der Waals surface area contributed by atoms with Crippen LogP contribution in [0.1, 0.15) is 13.8 Å². The molecule has 1 heterocycles. The summed E-state index contributed by atoms with van der Waals surface area (Å²) >= 11 is 1.86. The molecule has 0 aromatic carbocycles. The van der Waals surface area contributed by atoms with Gasteiger partial charge in [0.1, 0.15) is 0 Å². The van der Waals surface area contributed by atoms with E-state index in [9.17, 15) is 0 Å². The van der Waals surface area contributed by atoms with E-state index in [4.69, 9.17) is 0 Å². The maximum absolute atomic E-state index is 2.14. The van der Waals surface area contributed by atoms with Gasteiger partial charge < -0.3 is 0 Å². The van der Waals surface area contributed by atoms with E-state index < -0.39 is 0 Å². The van der Waals surface area contributed by atoms with Crippen LogP contribution in [0.3, 0.4) is 0 Å². The highest BCUT2D eigenvalue weighted by Crippen LogP contribution is 2.10. The summed E-state index contributed by atoms with van der Waals surface area (Å²) in [5.74, 6) is 1.24. The van der Waals surface area contributed by atoms with Crippen LogP contribution in [0.15, 0.2) is 11.5 Å². The SMILES string of the molecule is C1=CSC1.CC. The fourth-order valence-electron chi connectivity index (χ4n) is 0.0962. The highest BCUT2D eigenvalue weighted by Gasteiger charge is 1.81. The Kier molecular flexibility index (Phi) is 5.17. The van der Waals surface area contributed by atoms with Gasteiger partial charge in [-0.05, 0) is 5.41 Å². The topological polar surface area (TPSA) is 0 Å². The lowest BCUT2D eigenvalue weighted by Gasteiger charge is -1.92.